The maximum Gasteiger partial charge on any atom is 0.434 e. The molecule has 1 aliphatic carbocycles. The van der Waals surface area contributed by atoms with Crippen LogP contribution in [0, 0.1) is 5.41 Å². The normalized spacial score (nSPS) is 14.9. The first-order chi connectivity index (χ1) is 16.2. The van der Waals surface area contributed by atoms with Crippen molar-refractivity contribution in [2.75, 3.05) is 5.32 Å². The highest BCUT2D eigenvalue weighted by Crippen LogP contribution is 2.46. The van der Waals surface area contributed by atoms with Crippen molar-refractivity contribution in [2.45, 2.75) is 39.3 Å². The predicted octanol–water partition coefficient (Wildman–Crippen LogP) is 5.78. The Bertz CT molecular complexity index is 1410. The van der Waals surface area contributed by atoms with Crippen LogP contribution < -0.4 is 5.32 Å². The summed E-state index contributed by atoms with van der Waals surface area (Å²) in [4.78, 5) is 20.7. The van der Waals surface area contributed by atoms with E-state index in [4.69, 9.17) is 0 Å². The van der Waals surface area contributed by atoms with Gasteiger partial charge in [-0.05, 0) is 55.2 Å². The lowest BCUT2D eigenvalue weighted by molar-refractivity contribution is -0.140. The maximum atomic E-state index is 13.4. The van der Waals surface area contributed by atoms with Gasteiger partial charge in [-0.1, -0.05) is 26.0 Å². The molecule has 0 unspecified atom stereocenters. The molecule has 174 valence electrons. The summed E-state index contributed by atoms with van der Waals surface area (Å²) in [5.41, 5.74) is 2.39. The molecule has 0 atom stereocenters. The lowest BCUT2D eigenvalue weighted by Crippen LogP contribution is -2.22. The average Bonchev–Trinajstić information content (AvgIpc) is 3.43. The van der Waals surface area contributed by atoms with Gasteiger partial charge in [0.05, 0.1) is 17.6 Å². The van der Waals surface area contributed by atoms with E-state index in [0.29, 0.717) is 11.3 Å². The second-order valence-corrected chi connectivity index (χ2v) is 8.79. The van der Waals surface area contributed by atoms with Crippen LogP contribution in [0.25, 0.3) is 28.2 Å². The number of imidazole rings is 1. The van der Waals surface area contributed by atoms with Crippen LogP contribution >= 0.6 is 0 Å². The third-order valence-corrected chi connectivity index (χ3v) is 6.26. The Morgan fingerprint density at radius 2 is 1.94 bits per heavy atom. The van der Waals surface area contributed by atoms with Gasteiger partial charge in [-0.2, -0.15) is 18.3 Å². The van der Waals surface area contributed by atoms with Crippen molar-refractivity contribution in [3.8, 4) is 22.5 Å². The Morgan fingerprint density at radius 3 is 2.65 bits per heavy atom. The summed E-state index contributed by atoms with van der Waals surface area (Å²) in [5.74, 6) is 0.0117. The molecule has 0 saturated heterocycles. The first kappa shape index (κ1) is 22.1. The number of aromatic nitrogens is 4. The number of aryl methyl sites for hydroxylation is 1. The number of carbonyl (C=O) groups excluding carboxylic acids is 1. The number of hydrogen-bond donors (Lipinski definition) is 1. The standard InChI is InChI=1S/C25H22F3N5O/c1-3-15-6-7-16(13-19(15)31-23(34)24(2)10-11-24)20-14-33-21(30-20)9-8-18(32-33)17-5-4-12-29-22(17)25(26,27)28/h4-9,12-14H,3,10-11H2,1-2H3,(H,31,34). The average molecular weight is 465 g/mol. The summed E-state index contributed by atoms with van der Waals surface area (Å²) in [6.07, 6.45) is 0.709. The molecule has 34 heavy (non-hydrogen) atoms. The number of anilines is 1. The number of nitrogens with zero attached hydrogens (tertiary/aromatic N) is 4. The van der Waals surface area contributed by atoms with Gasteiger partial charge in [0.1, 0.15) is 0 Å². The Kier molecular flexibility index (Phi) is 5.15. The van der Waals surface area contributed by atoms with Crippen molar-refractivity contribution < 1.29 is 18.0 Å². The maximum absolute atomic E-state index is 13.4. The van der Waals surface area contributed by atoms with Crippen LogP contribution in [0.5, 0.6) is 0 Å². The second kappa shape index (κ2) is 7.93. The van der Waals surface area contributed by atoms with E-state index in [1.165, 1.54) is 22.7 Å². The predicted molar refractivity (Wildman–Crippen MR) is 122 cm³/mol. The molecule has 6 nitrogen and oxygen atoms in total. The summed E-state index contributed by atoms with van der Waals surface area (Å²) in [7, 11) is 0. The van der Waals surface area contributed by atoms with Crippen LogP contribution in [0.4, 0.5) is 18.9 Å². The summed E-state index contributed by atoms with van der Waals surface area (Å²) < 4.78 is 41.7. The van der Waals surface area contributed by atoms with Crippen LogP contribution in [0.3, 0.4) is 0 Å². The minimum atomic E-state index is -4.59. The molecule has 0 bridgehead atoms. The summed E-state index contributed by atoms with van der Waals surface area (Å²) in [6, 6.07) is 11.7. The number of pyridine rings is 1. The van der Waals surface area contributed by atoms with E-state index in [9.17, 15) is 18.0 Å². The number of fused-ring (bicyclic) bond motifs is 1. The monoisotopic (exact) mass is 465 g/mol. The molecule has 9 heteroatoms. The fraction of sp³-hybridized carbons (Fsp3) is 0.280. The largest absolute Gasteiger partial charge is 0.434 e. The summed E-state index contributed by atoms with van der Waals surface area (Å²) >= 11 is 0. The molecule has 1 saturated carbocycles. The number of carbonyl (C=O) groups is 1. The van der Waals surface area contributed by atoms with E-state index in [1.54, 1.807) is 12.3 Å². The highest BCUT2D eigenvalue weighted by molar-refractivity contribution is 5.98. The summed E-state index contributed by atoms with van der Waals surface area (Å²) in [5, 5.41) is 7.41. The third-order valence-electron chi connectivity index (χ3n) is 6.26. The lowest BCUT2D eigenvalue weighted by atomic mass is 10.0. The number of hydrogen-bond acceptors (Lipinski definition) is 4. The minimum absolute atomic E-state index is 0.0117. The molecular formula is C25H22F3N5O. The van der Waals surface area contributed by atoms with Gasteiger partial charge in [0.15, 0.2) is 11.3 Å². The van der Waals surface area contributed by atoms with E-state index in [0.717, 1.165) is 42.3 Å². The molecule has 3 aromatic heterocycles. The molecule has 1 aromatic carbocycles. The van der Waals surface area contributed by atoms with E-state index in [2.05, 4.69) is 20.4 Å². The van der Waals surface area contributed by atoms with E-state index in [1.807, 2.05) is 32.0 Å². The SMILES string of the molecule is CCc1ccc(-c2cn3nc(-c4cccnc4C(F)(F)F)ccc3n2)cc1NC(=O)C1(C)CC1. The zero-order chi connectivity index (χ0) is 24.1. The number of rotatable bonds is 5. The van der Waals surface area contributed by atoms with Crippen molar-refractivity contribution in [3.05, 3.63) is 66.1 Å². The minimum Gasteiger partial charge on any atom is -0.325 e. The third kappa shape index (κ3) is 4.02. The Labute approximate surface area is 193 Å². The number of nitrogens with one attached hydrogen (secondary N) is 1. The molecule has 4 aromatic rings. The molecule has 1 N–H and O–H groups in total. The van der Waals surface area contributed by atoms with Gasteiger partial charge in [0.2, 0.25) is 5.91 Å². The van der Waals surface area contributed by atoms with Gasteiger partial charge in [0.25, 0.3) is 0 Å². The zero-order valence-corrected chi connectivity index (χ0v) is 18.6. The smallest absolute Gasteiger partial charge is 0.325 e. The fourth-order valence-corrected chi connectivity index (χ4v) is 3.85. The number of amides is 1. The lowest BCUT2D eigenvalue weighted by Gasteiger charge is -2.14. The molecular weight excluding hydrogens is 443 g/mol. The molecule has 1 aliphatic rings. The number of benzene rings is 1. The Morgan fingerprint density at radius 1 is 1.15 bits per heavy atom. The molecule has 1 fully saturated rings. The molecule has 0 spiro atoms. The highest BCUT2D eigenvalue weighted by Gasteiger charge is 2.45. The first-order valence-electron chi connectivity index (χ1n) is 11.0. The van der Waals surface area contributed by atoms with Crippen LogP contribution in [0.2, 0.25) is 0 Å². The van der Waals surface area contributed by atoms with Gasteiger partial charge in [-0.15, -0.1) is 0 Å². The van der Waals surface area contributed by atoms with Crippen molar-refractivity contribution in [2.24, 2.45) is 5.41 Å². The Hall–Kier alpha value is -3.75. The van der Waals surface area contributed by atoms with Gasteiger partial charge in [0, 0.05) is 28.4 Å². The topological polar surface area (TPSA) is 72.2 Å². The highest BCUT2D eigenvalue weighted by atomic mass is 19.4. The fourth-order valence-electron chi connectivity index (χ4n) is 3.85. The molecule has 0 radical (unpaired) electrons. The van der Waals surface area contributed by atoms with Gasteiger partial charge < -0.3 is 5.32 Å². The molecule has 0 aliphatic heterocycles. The van der Waals surface area contributed by atoms with Crippen molar-refractivity contribution in [3.63, 3.8) is 0 Å². The van der Waals surface area contributed by atoms with Gasteiger partial charge in [-0.25, -0.2) is 9.50 Å². The van der Waals surface area contributed by atoms with Crippen LogP contribution in [0.15, 0.2) is 54.9 Å². The van der Waals surface area contributed by atoms with Crippen molar-refractivity contribution in [1.82, 2.24) is 19.6 Å². The molecule has 3 heterocycles. The first-order valence-corrected chi connectivity index (χ1v) is 11.0. The summed E-state index contributed by atoms with van der Waals surface area (Å²) in [6.45, 7) is 3.98. The second-order valence-electron chi connectivity index (χ2n) is 8.79. The van der Waals surface area contributed by atoms with Crippen molar-refractivity contribution >= 4 is 17.2 Å². The number of halogens is 3. The number of alkyl halides is 3. The van der Waals surface area contributed by atoms with Crippen LogP contribution in [-0.2, 0) is 17.4 Å². The quantitative estimate of drug-likeness (QED) is 0.406. The van der Waals surface area contributed by atoms with Gasteiger partial charge >= 0.3 is 6.18 Å². The van der Waals surface area contributed by atoms with Gasteiger partial charge in [-0.3, -0.25) is 9.78 Å². The van der Waals surface area contributed by atoms with Crippen LogP contribution in [0.1, 0.15) is 37.9 Å². The van der Waals surface area contributed by atoms with Crippen molar-refractivity contribution in [1.29, 1.82) is 0 Å². The zero-order valence-electron chi connectivity index (χ0n) is 18.6. The van der Waals surface area contributed by atoms with Crippen LogP contribution in [-0.4, -0.2) is 25.5 Å². The molecule has 1 amide bonds. The molecule has 5 rings (SSSR count). The van der Waals surface area contributed by atoms with E-state index < -0.39 is 11.9 Å². The van der Waals surface area contributed by atoms with E-state index >= 15 is 0 Å². The Balaban J connectivity index is 1.51. The van der Waals surface area contributed by atoms with E-state index in [-0.39, 0.29) is 22.6 Å².